The van der Waals surface area contributed by atoms with Gasteiger partial charge in [-0.1, -0.05) is 0 Å². The Kier molecular flexibility index (Phi) is 3.73. The van der Waals surface area contributed by atoms with Crippen LogP contribution in [0.25, 0.3) is 0 Å². The minimum absolute atomic E-state index is 0.0228. The average molecular weight is 239 g/mol. The molecule has 2 heterocycles. The summed E-state index contributed by atoms with van der Waals surface area (Å²) in [5, 5.41) is 6.61. The molecule has 2 atom stereocenters. The van der Waals surface area contributed by atoms with Crippen LogP contribution in [0.1, 0.15) is 32.6 Å². The van der Waals surface area contributed by atoms with E-state index in [4.69, 9.17) is 4.74 Å². The van der Waals surface area contributed by atoms with Crippen LogP contribution in [-0.2, 0) is 14.3 Å². The molecule has 0 saturated carbocycles. The van der Waals surface area contributed by atoms with E-state index in [1.807, 2.05) is 6.92 Å². The van der Waals surface area contributed by atoms with Gasteiger partial charge in [-0.2, -0.15) is 5.10 Å². The molecule has 0 radical (unpaired) electrons. The molecule has 94 valence electrons. The van der Waals surface area contributed by atoms with Gasteiger partial charge in [-0.15, -0.1) is 0 Å². The van der Waals surface area contributed by atoms with Crippen molar-refractivity contribution >= 4 is 17.5 Å². The molecule has 6 heteroatoms. The second-order valence-electron chi connectivity index (χ2n) is 4.41. The second kappa shape index (κ2) is 5.27. The van der Waals surface area contributed by atoms with Crippen LogP contribution in [-0.4, -0.2) is 36.3 Å². The zero-order valence-corrected chi connectivity index (χ0v) is 9.86. The van der Waals surface area contributed by atoms with Gasteiger partial charge in [-0.05, 0) is 19.8 Å². The normalized spacial score (nSPS) is 26.1. The van der Waals surface area contributed by atoms with E-state index in [1.165, 1.54) is 0 Å². The maximum absolute atomic E-state index is 11.8. The summed E-state index contributed by atoms with van der Waals surface area (Å²) in [7, 11) is 0. The van der Waals surface area contributed by atoms with Crippen LogP contribution in [0.2, 0.25) is 0 Å². The highest BCUT2D eigenvalue weighted by Gasteiger charge is 2.26. The number of amides is 2. The standard InChI is InChI=1S/C11H17N3O3/c1-7(9-3-2-6-17-9)12-11(16)8-4-5-10(15)14-13-8/h7,9H,2-6H2,1H3,(H,12,16)(H,14,15)/t7-,9-/m0/s1. The molecule has 1 fully saturated rings. The van der Waals surface area contributed by atoms with Crippen LogP contribution in [0.3, 0.4) is 0 Å². The minimum atomic E-state index is -0.215. The first kappa shape index (κ1) is 12.0. The number of carbonyl (C=O) groups is 2. The van der Waals surface area contributed by atoms with Gasteiger partial charge in [0.1, 0.15) is 5.71 Å². The van der Waals surface area contributed by atoms with Gasteiger partial charge in [-0.3, -0.25) is 9.59 Å². The molecule has 17 heavy (non-hydrogen) atoms. The molecule has 0 aromatic rings. The first-order valence-electron chi connectivity index (χ1n) is 5.94. The van der Waals surface area contributed by atoms with Gasteiger partial charge in [0.25, 0.3) is 5.91 Å². The smallest absolute Gasteiger partial charge is 0.267 e. The monoisotopic (exact) mass is 239 g/mol. The van der Waals surface area contributed by atoms with Gasteiger partial charge in [0.15, 0.2) is 0 Å². The van der Waals surface area contributed by atoms with Crippen molar-refractivity contribution in [3.05, 3.63) is 0 Å². The third kappa shape index (κ3) is 3.03. The lowest BCUT2D eigenvalue weighted by Crippen LogP contribution is -2.45. The summed E-state index contributed by atoms with van der Waals surface area (Å²) in [4.78, 5) is 22.7. The quantitative estimate of drug-likeness (QED) is 0.724. The predicted octanol–water partition coefficient (Wildman–Crippen LogP) is -0.0639. The van der Waals surface area contributed by atoms with Crippen molar-refractivity contribution in [3.63, 3.8) is 0 Å². The third-order valence-corrected chi connectivity index (χ3v) is 3.05. The van der Waals surface area contributed by atoms with Crippen LogP contribution in [0.4, 0.5) is 0 Å². The predicted molar refractivity (Wildman–Crippen MR) is 61.4 cm³/mol. The van der Waals surface area contributed by atoms with Crippen LogP contribution in [0.5, 0.6) is 0 Å². The molecule has 2 rings (SSSR count). The summed E-state index contributed by atoms with van der Waals surface area (Å²) in [5.74, 6) is -0.360. The molecule has 0 aliphatic carbocycles. The minimum Gasteiger partial charge on any atom is -0.376 e. The zero-order valence-electron chi connectivity index (χ0n) is 9.86. The lowest BCUT2D eigenvalue weighted by Gasteiger charge is -2.21. The van der Waals surface area contributed by atoms with Gasteiger partial charge in [0, 0.05) is 19.4 Å². The SMILES string of the molecule is C[C@H](NC(=O)C1=NNC(=O)CC1)[C@@H]1CCCO1. The first-order valence-corrected chi connectivity index (χ1v) is 5.94. The molecule has 2 N–H and O–H groups in total. The Labute approximate surface area is 99.8 Å². The summed E-state index contributed by atoms with van der Waals surface area (Å²) in [6.07, 6.45) is 2.83. The van der Waals surface area contributed by atoms with Crippen LogP contribution < -0.4 is 10.7 Å². The summed E-state index contributed by atoms with van der Waals surface area (Å²) >= 11 is 0. The molecule has 0 bridgehead atoms. The van der Waals surface area contributed by atoms with Crippen molar-refractivity contribution in [2.24, 2.45) is 5.10 Å². The number of hydrazone groups is 1. The van der Waals surface area contributed by atoms with Crippen molar-refractivity contribution in [2.75, 3.05) is 6.61 Å². The van der Waals surface area contributed by atoms with E-state index in [9.17, 15) is 9.59 Å². The highest BCUT2D eigenvalue weighted by atomic mass is 16.5. The first-order chi connectivity index (χ1) is 8.16. The molecular formula is C11H17N3O3. The molecule has 0 aromatic carbocycles. The Balaban J connectivity index is 1.86. The van der Waals surface area contributed by atoms with Crippen molar-refractivity contribution < 1.29 is 14.3 Å². The van der Waals surface area contributed by atoms with Gasteiger partial charge in [-0.25, -0.2) is 5.43 Å². The molecule has 1 saturated heterocycles. The maximum Gasteiger partial charge on any atom is 0.267 e. The lowest BCUT2D eigenvalue weighted by molar-refractivity contribution is -0.121. The Morgan fingerprint density at radius 3 is 3.00 bits per heavy atom. The number of hydrogen-bond donors (Lipinski definition) is 2. The number of rotatable bonds is 3. The Morgan fingerprint density at radius 2 is 2.41 bits per heavy atom. The fourth-order valence-corrected chi connectivity index (χ4v) is 2.02. The molecular weight excluding hydrogens is 222 g/mol. The number of nitrogens with one attached hydrogen (secondary N) is 2. The fourth-order valence-electron chi connectivity index (χ4n) is 2.02. The van der Waals surface area contributed by atoms with Gasteiger partial charge < -0.3 is 10.1 Å². The Hall–Kier alpha value is -1.43. The summed E-state index contributed by atoms with van der Waals surface area (Å²) in [5.41, 5.74) is 2.70. The number of ether oxygens (including phenoxy) is 1. The summed E-state index contributed by atoms with van der Waals surface area (Å²) < 4.78 is 5.50. The van der Waals surface area contributed by atoms with Crippen molar-refractivity contribution in [2.45, 2.75) is 44.8 Å². The molecule has 0 spiro atoms. The molecule has 2 aliphatic heterocycles. The highest BCUT2D eigenvalue weighted by Crippen LogP contribution is 2.15. The van der Waals surface area contributed by atoms with Gasteiger partial charge >= 0.3 is 0 Å². The van der Waals surface area contributed by atoms with E-state index in [1.54, 1.807) is 0 Å². The van der Waals surface area contributed by atoms with E-state index < -0.39 is 0 Å². The Morgan fingerprint density at radius 1 is 1.59 bits per heavy atom. The van der Waals surface area contributed by atoms with Crippen molar-refractivity contribution in [1.29, 1.82) is 0 Å². The number of hydrogen-bond acceptors (Lipinski definition) is 4. The molecule has 0 unspecified atom stereocenters. The zero-order chi connectivity index (χ0) is 12.3. The summed E-state index contributed by atoms with van der Waals surface area (Å²) in [6, 6.07) is -0.0228. The van der Waals surface area contributed by atoms with Crippen LogP contribution >= 0.6 is 0 Å². The van der Waals surface area contributed by atoms with E-state index in [0.29, 0.717) is 18.6 Å². The van der Waals surface area contributed by atoms with Crippen LogP contribution in [0.15, 0.2) is 5.10 Å². The van der Waals surface area contributed by atoms with E-state index in [-0.39, 0.29) is 24.0 Å². The average Bonchev–Trinajstić information content (AvgIpc) is 2.83. The second-order valence-corrected chi connectivity index (χ2v) is 4.41. The van der Waals surface area contributed by atoms with E-state index >= 15 is 0 Å². The van der Waals surface area contributed by atoms with Crippen molar-refractivity contribution in [3.8, 4) is 0 Å². The lowest BCUT2D eigenvalue weighted by atomic mass is 10.1. The highest BCUT2D eigenvalue weighted by molar-refractivity contribution is 6.39. The number of carbonyl (C=O) groups excluding carboxylic acids is 2. The Bertz CT molecular complexity index is 348. The van der Waals surface area contributed by atoms with Gasteiger partial charge in [0.2, 0.25) is 5.91 Å². The third-order valence-electron chi connectivity index (χ3n) is 3.05. The summed E-state index contributed by atoms with van der Waals surface area (Å²) in [6.45, 7) is 2.69. The number of nitrogens with zero attached hydrogens (tertiary/aromatic N) is 1. The largest absolute Gasteiger partial charge is 0.376 e. The van der Waals surface area contributed by atoms with E-state index in [2.05, 4.69) is 15.8 Å². The molecule has 2 aliphatic rings. The van der Waals surface area contributed by atoms with Crippen molar-refractivity contribution in [1.82, 2.24) is 10.7 Å². The molecule has 6 nitrogen and oxygen atoms in total. The maximum atomic E-state index is 11.8. The van der Waals surface area contributed by atoms with E-state index in [0.717, 1.165) is 19.4 Å². The molecule has 0 aromatic heterocycles. The molecule has 2 amide bonds. The fraction of sp³-hybridized carbons (Fsp3) is 0.727. The topological polar surface area (TPSA) is 79.8 Å². The van der Waals surface area contributed by atoms with Crippen LogP contribution in [0, 0.1) is 0 Å². The van der Waals surface area contributed by atoms with Gasteiger partial charge in [0.05, 0.1) is 12.1 Å².